The van der Waals surface area contributed by atoms with Crippen LogP contribution in [0, 0.1) is 13.8 Å². The van der Waals surface area contributed by atoms with Gasteiger partial charge in [-0.25, -0.2) is 4.79 Å². The number of hydrogen-bond donors (Lipinski definition) is 1. The van der Waals surface area contributed by atoms with Gasteiger partial charge in [0.05, 0.1) is 5.60 Å². The number of nitrogens with zero attached hydrogens (tertiary/aromatic N) is 2. The zero-order valence-electron chi connectivity index (χ0n) is 15.9. The molecule has 27 heavy (non-hydrogen) atoms. The summed E-state index contributed by atoms with van der Waals surface area (Å²) in [6, 6.07) is 13.7. The molecule has 2 aromatic rings. The second kappa shape index (κ2) is 6.97. The van der Waals surface area contributed by atoms with Crippen LogP contribution >= 0.6 is 0 Å². The molecule has 5 nitrogen and oxygen atoms in total. The number of benzene rings is 1. The van der Waals surface area contributed by atoms with Gasteiger partial charge in [-0.3, -0.25) is 4.98 Å². The predicted molar refractivity (Wildman–Crippen MR) is 102 cm³/mol. The van der Waals surface area contributed by atoms with Gasteiger partial charge in [0.25, 0.3) is 0 Å². The summed E-state index contributed by atoms with van der Waals surface area (Å²) in [5.74, 6) is 0. The molecule has 2 aliphatic rings. The molecule has 2 atom stereocenters. The third-order valence-corrected chi connectivity index (χ3v) is 5.91. The fourth-order valence-electron chi connectivity index (χ4n) is 4.72. The second-order valence-corrected chi connectivity index (χ2v) is 7.86. The van der Waals surface area contributed by atoms with E-state index in [9.17, 15) is 9.90 Å². The minimum atomic E-state index is -0.924. The van der Waals surface area contributed by atoms with E-state index in [-0.39, 0.29) is 24.8 Å². The van der Waals surface area contributed by atoms with E-state index in [0.29, 0.717) is 12.8 Å². The van der Waals surface area contributed by atoms with Gasteiger partial charge in [0.2, 0.25) is 0 Å². The summed E-state index contributed by atoms with van der Waals surface area (Å²) in [7, 11) is 0. The fourth-order valence-corrected chi connectivity index (χ4v) is 4.72. The molecular weight excluding hydrogens is 340 g/mol. The van der Waals surface area contributed by atoms with Gasteiger partial charge in [-0.15, -0.1) is 0 Å². The van der Waals surface area contributed by atoms with E-state index in [1.165, 1.54) is 0 Å². The maximum atomic E-state index is 12.7. The molecule has 2 aliphatic heterocycles. The molecule has 5 heteroatoms. The quantitative estimate of drug-likeness (QED) is 0.896. The van der Waals surface area contributed by atoms with E-state index >= 15 is 0 Å². The largest absolute Gasteiger partial charge is 0.445 e. The Morgan fingerprint density at radius 3 is 2.44 bits per heavy atom. The molecule has 0 spiro atoms. The molecule has 142 valence electrons. The number of ether oxygens (including phenoxy) is 1. The molecular formula is C22H26N2O3. The number of fused-ring (bicyclic) bond motifs is 2. The minimum Gasteiger partial charge on any atom is -0.445 e. The molecule has 1 aromatic heterocycles. The lowest BCUT2D eigenvalue weighted by atomic mass is 9.80. The van der Waals surface area contributed by atoms with Crippen molar-refractivity contribution in [1.29, 1.82) is 0 Å². The van der Waals surface area contributed by atoms with Gasteiger partial charge in [0.1, 0.15) is 6.61 Å². The first-order valence-electron chi connectivity index (χ1n) is 9.62. The standard InChI is InChI=1S/C22H26N2O3/c1-15-8-11-20(16(2)23-15)22(26)12-18-9-10-19(13-22)24(18)21(25)27-14-17-6-4-3-5-7-17/h3-8,11,18-19,26H,9-10,12-14H2,1-2H3. The van der Waals surface area contributed by atoms with Gasteiger partial charge >= 0.3 is 6.09 Å². The van der Waals surface area contributed by atoms with Crippen LogP contribution in [0.1, 0.15) is 48.2 Å². The van der Waals surface area contributed by atoms with Gasteiger partial charge in [-0.1, -0.05) is 36.4 Å². The summed E-state index contributed by atoms with van der Waals surface area (Å²) in [6.07, 6.45) is 2.62. The first-order valence-corrected chi connectivity index (χ1v) is 9.62. The molecule has 1 amide bonds. The van der Waals surface area contributed by atoms with Crippen LogP contribution in [-0.4, -0.2) is 33.2 Å². The molecule has 2 fully saturated rings. The zero-order chi connectivity index (χ0) is 19.0. The van der Waals surface area contributed by atoms with Gasteiger partial charge in [0.15, 0.2) is 0 Å². The Hall–Kier alpha value is -2.40. The number of carbonyl (C=O) groups is 1. The highest BCUT2D eigenvalue weighted by molar-refractivity contribution is 5.69. The Morgan fingerprint density at radius 2 is 1.81 bits per heavy atom. The monoisotopic (exact) mass is 366 g/mol. The van der Waals surface area contributed by atoms with Crippen LogP contribution < -0.4 is 0 Å². The third kappa shape index (κ3) is 3.44. The van der Waals surface area contributed by atoms with Gasteiger partial charge in [-0.05, 0) is 38.3 Å². The topological polar surface area (TPSA) is 62.7 Å². The molecule has 2 unspecified atom stereocenters. The number of aryl methyl sites for hydroxylation is 2. The van der Waals surface area contributed by atoms with E-state index in [0.717, 1.165) is 35.4 Å². The van der Waals surface area contributed by atoms with E-state index in [4.69, 9.17) is 4.74 Å². The minimum absolute atomic E-state index is 0.0118. The van der Waals surface area contributed by atoms with Crippen LogP contribution in [0.4, 0.5) is 4.79 Å². The SMILES string of the molecule is Cc1ccc(C2(O)CC3CCC(C2)N3C(=O)OCc2ccccc2)c(C)n1. The first-order chi connectivity index (χ1) is 13.0. The lowest BCUT2D eigenvalue weighted by Gasteiger charge is -2.43. The summed E-state index contributed by atoms with van der Waals surface area (Å²) in [4.78, 5) is 19.1. The van der Waals surface area contributed by atoms with Gasteiger partial charge in [0, 0.05) is 41.9 Å². The highest BCUT2D eigenvalue weighted by Crippen LogP contribution is 2.46. The molecule has 0 saturated carbocycles. The first kappa shape index (κ1) is 18.0. The predicted octanol–water partition coefficient (Wildman–Crippen LogP) is 3.85. The van der Waals surface area contributed by atoms with Crippen molar-refractivity contribution in [3.63, 3.8) is 0 Å². The van der Waals surface area contributed by atoms with Crippen molar-refractivity contribution < 1.29 is 14.6 Å². The Balaban J connectivity index is 1.47. The van der Waals surface area contributed by atoms with Gasteiger partial charge in [-0.2, -0.15) is 0 Å². The van der Waals surface area contributed by atoms with Crippen LogP contribution in [0.15, 0.2) is 42.5 Å². The number of amides is 1. The summed E-state index contributed by atoms with van der Waals surface area (Å²) >= 11 is 0. The smallest absolute Gasteiger partial charge is 0.410 e. The van der Waals surface area contributed by atoms with E-state index in [2.05, 4.69) is 4.98 Å². The molecule has 1 N–H and O–H groups in total. The molecule has 0 aliphatic carbocycles. The van der Waals surface area contributed by atoms with Crippen molar-refractivity contribution in [3.8, 4) is 0 Å². The molecule has 2 bridgehead atoms. The van der Waals surface area contributed by atoms with Crippen LogP contribution in [0.2, 0.25) is 0 Å². The molecule has 3 heterocycles. The second-order valence-electron chi connectivity index (χ2n) is 7.86. The third-order valence-electron chi connectivity index (χ3n) is 5.91. The normalized spacial score (nSPS) is 26.9. The Labute approximate surface area is 160 Å². The lowest BCUT2D eigenvalue weighted by Crippen LogP contribution is -2.52. The molecule has 1 aromatic carbocycles. The van der Waals surface area contributed by atoms with Gasteiger partial charge < -0.3 is 14.7 Å². The summed E-state index contributed by atoms with van der Waals surface area (Å²) in [6.45, 7) is 4.18. The lowest BCUT2D eigenvalue weighted by molar-refractivity contribution is -0.0542. The summed E-state index contributed by atoms with van der Waals surface area (Å²) < 4.78 is 5.55. The number of aromatic nitrogens is 1. The van der Waals surface area contributed by atoms with Crippen LogP contribution in [-0.2, 0) is 16.9 Å². The van der Waals surface area contributed by atoms with Crippen LogP contribution in [0.3, 0.4) is 0 Å². The zero-order valence-corrected chi connectivity index (χ0v) is 15.9. The van der Waals surface area contributed by atoms with E-state index in [1.807, 2.05) is 61.2 Å². The van der Waals surface area contributed by atoms with Crippen LogP contribution in [0.5, 0.6) is 0 Å². The average Bonchev–Trinajstić information content (AvgIpc) is 2.92. The van der Waals surface area contributed by atoms with E-state index in [1.54, 1.807) is 0 Å². The number of aliphatic hydroxyl groups is 1. The van der Waals surface area contributed by atoms with E-state index < -0.39 is 5.60 Å². The number of piperidine rings is 1. The number of pyridine rings is 1. The fraction of sp³-hybridized carbons (Fsp3) is 0.455. The van der Waals surface area contributed by atoms with Crippen molar-refractivity contribution >= 4 is 6.09 Å². The highest BCUT2D eigenvalue weighted by atomic mass is 16.6. The Bertz CT molecular complexity index is 823. The highest BCUT2D eigenvalue weighted by Gasteiger charge is 2.51. The Morgan fingerprint density at radius 1 is 1.15 bits per heavy atom. The van der Waals surface area contributed by atoms with Crippen molar-refractivity contribution in [1.82, 2.24) is 9.88 Å². The molecule has 4 rings (SSSR count). The van der Waals surface area contributed by atoms with Crippen molar-refractivity contribution in [2.75, 3.05) is 0 Å². The molecule has 0 radical (unpaired) electrons. The van der Waals surface area contributed by atoms with Crippen molar-refractivity contribution in [2.24, 2.45) is 0 Å². The Kier molecular flexibility index (Phi) is 4.64. The summed E-state index contributed by atoms with van der Waals surface area (Å²) in [5.41, 5.74) is 2.77. The van der Waals surface area contributed by atoms with Crippen molar-refractivity contribution in [2.45, 2.75) is 63.8 Å². The molecule has 2 saturated heterocycles. The maximum Gasteiger partial charge on any atom is 0.410 e. The summed E-state index contributed by atoms with van der Waals surface area (Å²) in [5, 5.41) is 11.4. The number of hydrogen-bond acceptors (Lipinski definition) is 4. The average molecular weight is 366 g/mol. The number of rotatable bonds is 3. The number of carbonyl (C=O) groups excluding carboxylic acids is 1. The maximum absolute atomic E-state index is 12.7. The van der Waals surface area contributed by atoms with Crippen molar-refractivity contribution in [3.05, 3.63) is 65.0 Å². The van der Waals surface area contributed by atoms with Crippen LogP contribution in [0.25, 0.3) is 0 Å².